The molecule has 0 fully saturated rings. The number of carbonyl (C=O) groups excluding carboxylic acids is 1. The molecule has 0 aliphatic carbocycles. The first-order chi connectivity index (χ1) is 15.3. The summed E-state index contributed by atoms with van der Waals surface area (Å²) in [4.78, 5) is 21.1. The zero-order valence-electron chi connectivity index (χ0n) is 17.5. The molecule has 0 atom stereocenters. The van der Waals surface area contributed by atoms with E-state index in [-0.39, 0.29) is 26.6 Å². The van der Waals surface area contributed by atoms with Crippen LogP contribution in [-0.4, -0.2) is 31.2 Å². The van der Waals surface area contributed by atoms with Crippen molar-refractivity contribution in [1.29, 1.82) is 0 Å². The molecule has 0 aliphatic rings. The minimum absolute atomic E-state index is 0.0488. The fourth-order valence-electron chi connectivity index (χ4n) is 3.13. The number of hydrogen-bond donors (Lipinski definition) is 1. The molecule has 0 amide bonds. The molecular formula is C21H22ClF3N3O4+. The van der Waals surface area contributed by atoms with Gasteiger partial charge in [0, 0.05) is 11.8 Å². The normalized spacial score (nSPS) is 11.7. The number of nitrogens with one attached hydrogen (secondary N) is 1. The fraction of sp³-hybridized carbons (Fsp3) is 0.381. The van der Waals surface area contributed by atoms with Crippen molar-refractivity contribution in [3.8, 4) is 5.75 Å². The lowest BCUT2D eigenvalue weighted by atomic mass is 10.0. The van der Waals surface area contributed by atoms with Gasteiger partial charge in [0.15, 0.2) is 0 Å². The molecule has 0 bridgehead atoms. The second kappa shape index (κ2) is 10.2. The van der Waals surface area contributed by atoms with Crippen molar-refractivity contribution in [2.24, 2.45) is 0 Å². The lowest BCUT2D eigenvalue weighted by molar-refractivity contribution is -1.01. The number of aromatic nitrogens is 2. The van der Waals surface area contributed by atoms with E-state index >= 15 is 0 Å². The smallest absolute Gasteiger partial charge is 0.488 e. The Labute approximate surface area is 187 Å². The largest absolute Gasteiger partial charge is 0.493 e. The molecule has 0 aliphatic heterocycles. The lowest BCUT2D eigenvalue weighted by Gasteiger charge is -2.10. The summed E-state index contributed by atoms with van der Waals surface area (Å²) in [5.41, 5.74) is -0.894. The van der Waals surface area contributed by atoms with Crippen molar-refractivity contribution >= 4 is 28.5 Å². The molecule has 0 radical (unpaired) electrons. The summed E-state index contributed by atoms with van der Waals surface area (Å²) in [6.07, 6.45) is -1.97. The van der Waals surface area contributed by atoms with Gasteiger partial charge in [-0.3, -0.25) is 0 Å². The van der Waals surface area contributed by atoms with Gasteiger partial charge in [-0.25, -0.2) is 9.78 Å². The molecule has 2 heterocycles. The summed E-state index contributed by atoms with van der Waals surface area (Å²) in [7, 11) is 1.82. The number of fused-ring (bicyclic) bond motifs is 1. The molecule has 0 saturated carbocycles. The van der Waals surface area contributed by atoms with Crippen molar-refractivity contribution in [3.63, 3.8) is 0 Å². The van der Waals surface area contributed by atoms with Crippen LogP contribution in [0, 0.1) is 0 Å². The number of alkyl halides is 3. The third kappa shape index (κ3) is 5.31. The van der Waals surface area contributed by atoms with Crippen molar-refractivity contribution in [2.45, 2.75) is 32.4 Å². The predicted molar refractivity (Wildman–Crippen MR) is 110 cm³/mol. The zero-order valence-corrected chi connectivity index (χ0v) is 18.2. The summed E-state index contributed by atoms with van der Waals surface area (Å²) >= 11 is 5.68. The number of halogens is 4. The fourth-order valence-corrected chi connectivity index (χ4v) is 3.24. The molecule has 172 valence electrons. The van der Waals surface area contributed by atoms with Crippen molar-refractivity contribution < 1.29 is 37.0 Å². The van der Waals surface area contributed by atoms with Gasteiger partial charge in [0.2, 0.25) is 10.5 Å². The Morgan fingerprint density at radius 1 is 1.28 bits per heavy atom. The van der Waals surface area contributed by atoms with Crippen molar-refractivity contribution in [2.75, 3.05) is 20.2 Å². The van der Waals surface area contributed by atoms with Crippen LogP contribution in [0.5, 0.6) is 5.75 Å². The van der Waals surface area contributed by atoms with E-state index in [0.717, 1.165) is 19.2 Å². The highest BCUT2D eigenvalue weighted by Crippen LogP contribution is 2.37. The second-order valence-electron chi connectivity index (χ2n) is 6.92. The van der Waals surface area contributed by atoms with E-state index in [4.69, 9.17) is 25.7 Å². The van der Waals surface area contributed by atoms with Crippen molar-refractivity contribution in [3.05, 3.63) is 52.4 Å². The number of pyridine rings is 1. The van der Waals surface area contributed by atoms with Crippen LogP contribution in [0.1, 0.15) is 41.4 Å². The Balaban J connectivity index is 2.04. The summed E-state index contributed by atoms with van der Waals surface area (Å²) in [6, 6.07) is 5.34. The number of ether oxygens (including phenoxy) is 1. The maximum Gasteiger partial charge on any atom is 0.488 e. The van der Waals surface area contributed by atoms with E-state index in [0.29, 0.717) is 30.8 Å². The quantitative estimate of drug-likeness (QED) is 0.375. The third-order valence-corrected chi connectivity index (χ3v) is 4.78. The summed E-state index contributed by atoms with van der Waals surface area (Å²) in [6.45, 7) is 3.01. The molecule has 3 rings (SSSR count). The van der Waals surface area contributed by atoms with Crippen LogP contribution in [0.15, 0.2) is 35.0 Å². The average Bonchev–Trinajstić information content (AvgIpc) is 3.11. The van der Waals surface area contributed by atoms with E-state index in [1.165, 1.54) is 24.3 Å². The zero-order chi connectivity index (χ0) is 23.3. The molecule has 1 aromatic carbocycles. The third-order valence-electron chi connectivity index (χ3n) is 4.56. The molecule has 3 aromatic rings. The molecule has 0 saturated heterocycles. The second-order valence-corrected chi connectivity index (χ2v) is 7.30. The van der Waals surface area contributed by atoms with Gasteiger partial charge in [-0.05, 0) is 50.7 Å². The van der Waals surface area contributed by atoms with Crippen molar-refractivity contribution in [1.82, 2.24) is 10.3 Å². The maximum atomic E-state index is 13.9. The number of aryl methyl sites for hydroxylation is 1. The standard InChI is InChI=1S/C21H22ClF3N3O4/c1-3-5-14-16(30-11-4-10-26-2)8-7-15-18(14)31-28(19(15)21(23,24)25)32-20(29)13-6-9-17(22)27-12-13/h6-9,12,26H,3-5,10-11H2,1-2H3/q+1. The monoisotopic (exact) mass is 472 g/mol. The number of rotatable bonds is 9. The number of carbonyl (C=O) groups is 1. The Kier molecular flexibility index (Phi) is 7.57. The molecule has 7 nitrogen and oxygen atoms in total. The van der Waals surface area contributed by atoms with Gasteiger partial charge in [-0.15, -0.1) is 4.84 Å². The van der Waals surface area contributed by atoms with Crippen LogP contribution in [0.25, 0.3) is 11.0 Å². The van der Waals surface area contributed by atoms with E-state index < -0.39 is 17.8 Å². The first kappa shape index (κ1) is 23.8. The van der Waals surface area contributed by atoms with Gasteiger partial charge in [-0.2, -0.15) is 17.7 Å². The molecule has 1 N–H and O–H groups in total. The average molecular weight is 473 g/mol. The Morgan fingerprint density at radius 2 is 2.06 bits per heavy atom. The minimum Gasteiger partial charge on any atom is -0.493 e. The molecule has 2 aromatic heterocycles. The van der Waals surface area contributed by atoms with Gasteiger partial charge in [-0.1, -0.05) is 24.9 Å². The highest BCUT2D eigenvalue weighted by Gasteiger charge is 2.50. The molecule has 0 spiro atoms. The van der Waals surface area contributed by atoms with Gasteiger partial charge < -0.3 is 10.1 Å². The number of nitrogens with zero attached hydrogens (tertiary/aromatic N) is 2. The topological polar surface area (TPSA) is 77.5 Å². The van der Waals surface area contributed by atoms with E-state index in [1.807, 2.05) is 14.0 Å². The summed E-state index contributed by atoms with van der Waals surface area (Å²) < 4.78 is 52.8. The van der Waals surface area contributed by atoms with E-state index in [2.05, 4.69) is 10.3 Å². The van der Waals surface area contributed by atoms with Crippen LogP contribution in [0.2, 0.25) is 5.15 Å². The first-order valence-corrected chi connectivity index (χ1v) is 10.3. The van der Waals surface area contributed by atoms with Crippen LogP contribution in [0.4, 0.5) is 13.2 Å². The minimum atomic E-state index is -4.84. The van der Waals surface area contributed by atoms with Crippen LogP contribution in [-0.2, 0) is 12.6 Å². The van der Waals surface area contributed by atoms with Gasteiger partial charge in [0.1, 0.15) is 16.3 Å². The lowest BCUT2D eigenvalue weighted by Crippen LogP contribution is -2.49. The number of benzene rings is 1. The molecule has 0 unspecified atom stereocenters. The SMILES string of the molecule is CCCc1c(OCCCNC)ccc2c(C(F)(F)F)[n+](OC(=O)c3ccc(Cl)nc3)oc12. The Hall–Kier alpha value is -2.85. The van der Waals surface area contributed by atoms with Crippen LogP contribution in [0.3, 0.4) is 0 Å². The molecular weight excluding hydrogens is 451 g/mol. The predicted octanol–water partition coefficient (Wildman–Crippen LogP) is 4.00. The highest BCUT2D eigenvalue weighted by atomic mass is 35.5. The Bertz CT molecular complexity index is 1080. The van der Waals surface area contributed by atoms with E-state index in [1.54, 1.807) is 0 Å². The Morgan fingerprint density at radius 3 is 2.69 bits per heavy atom. The van der Waals surface area contributed by atoms with E-state index in [9.17, 15) is 18.0 Å². The number of hydrogen-bond acceptors (Lipinski definition) is 6. The molecule has 11 heteroatoms. The van der Waals surface area contributed by atoms with Gasteiger partial charge in [0.25, 0.3) is 0 Å². The van der Waals surface area contributed by atoms with Gasteiger partial charge in [0.05, 0.1) is 12.2 Å². The highest BCUT2D eigenvalue weighted by molar-refractivity contribution is 6.29. The summed E-state index contributed by atoms with van der Waals surface area (Å²) in [5.74, 6) is -0.650. The van der Waals surface area contributed by atoms with Crippen LogP contribution < -0.4 is 19.8 Å². The van der Waals surface area contributed by atoms with Gasteiger partial charge >= 0.3 is 17.8 Å². The van der Waals surface area contributed by atoms with Crippen LogP contribution >= 0.6 is 11.6 Å². The summed E-state index contributed by atoms with van der Waals surface area (Å²) in [5, 5.41) is 2.89. The molecule has 32 heavy (non-hydrogen) atoms. The maximum absolute atomic E-state index is 13.9. The first-order valence-electron chi connectivity index (χ1n) is 9.96.